The second-order valence-electron chi connectivity index (χ2n) is 16.4. The van der Waals surface area contributed by atoms with Gasteiger partial charge in [0.25, 0.3) is 0 Å². The molecule has 0 radical (unpaired) electrons. The number of imide groups is 2. The Morgan fingerprint density at radius 3 is 2.52 bits per heavy atom. The summed E-state index contributed by atoms with van der Waals surface area (Å²) in [5.41, 5.74) is 3.62. The van der Waals surface area contributed by atoms with E-state index in [9.17, 15) is 24.6 Å². The highest BCUT2D eigenvalue weighted by Gasteiger charge is 2.68. The van der Waals surface area contributed by atoms with Crippen LogP contribution in [0.15, 0.2) is 90.2 Å². The number of aromatic nitrogens is 2. The molecule has 58 heavy (non-hydrogen) atoms. The number of anilines is 1. The van der Waals surface area contributed by atoms with Crippen molar-refractivity contribution in [3.05, 3.63) is 112 Å². The molecule has 5 heterocycles. The van der Waals surface area contributed by atoms with Crippen molar-refractivity contribution in [3.63, 3.8) is 0 Å². The first-order valence-electron chi connectivity index (χ1n) is 19.5. The standard InChI is InChI=1S/C45H39ClN4O7S/c1-22-31-18-26(46)6-13-36(31)58-40(22)34-20-37(48(3)47-34)50-42(54)33-19-32-29(39(45(33,2)44(50)56)25-16-24-17-28(52)9-12-35(24)57-21-25)10-11-30-38(32)43(55)49(41(30)53)15-14-23-4-7-27(51)8-5-23/h4-10,12-13,17-18,20-21,30,32-33,38-39,51-52H,11,14-16,19H2,1-3H3/t30-,32+,33-,38-,39-,45+/m0/s1. The lowest BCUT2D eigenvalue weighted by molar-refractivity contribution is -0.140. The molecule has 294 valence electrons. The molecule has 1 saturated carbocycles. The van der Waals surface area contributed by atoms with Crippen LogP contribution in [0.2, 0.25) is 5.02 Å². The van der Waals surface area contributed by atoms with E-state index in [4.69, 9.17) is 21.4 Å². The van der Waals surface area contributed by atoms with Gasteiger partial charge in [-0.05, 0) is 110 Å². The van der Waals surface area contributed by atoms with Crippen LogP contribution in [0.1, 0.15) is 36.5 Å². The van der Waals surface area contributed by atoms with E-state index in [2.05, 4.69) is 0 Å². The summed E-state index contributed by atoms with van der Waals surface area (Å²) in [6.45, 7) is 4.06. The molecule has 11 nitrogen and oxygen atoms in total. The monoisotopic (exact) mass is 814 g/mol. The number of halogens is 1. The zero-order chi connectivity index (χ0) is 40.4. The maximum Gasteiger partial charge on any atom is 0.242 e. The number of phenols is 2. The van der Waals surface area contributed by atoms with E-state index in [1.165, 1.54) is 9.80 Å². The summed E-state index contributed by atoms with van der Waals surface area (Å²) in [5, 5.41) is 26.6. The molecule has 5 aliphatic rings. The average molecular weight is 815 g/mol. The number of likely N-dealkylation sites (tertiary alicyclic amines) is 1. The highest BCUT2D eigenvalue weighted by atomic mass is 35.5. The number of allylic oxidation sites excluding steroid dienone is 3. The summed E-state index contributed by atoms with van der Waals surface area (Å²) >= 11 is 7.90. The molecule has 13 heteroatoms. The minimum absolute atomic E-state index is 0.0821. The van der Waals surface area contributed by atoms with Gasteiger partial charge < -0.3 is 14.9 Å². The fraction of sp³-hybridized carbons (Fsp3) is 0.311. The Hall–Kier alpha value is -5.72. The zero-order valence-electron chi connectivity index (χ0n) is 31.9. The van der Waals surface area contributed by atoms with Gasteiger partial charge in [-0.2, -0.15) is 5.10 Å². The molecular formula is C45H39ClN4O7S. The lowest BCUT2D eigenvalue weighted by Crippen LogP contribution is -2.51. The van der Waals surface area contributed by atoms with Gasteiger partial charge in [-0.1, -0.05) is 35.4 Å². The summed E-state index contributed by atoms with van der Waals surface area (Å²) in [7, 11) is 1.73. The van der Waals surface area contributed by atoms with Crippen LogP contribution in [0.3, 0.4) is 0 Å². The Morgan fingerprint density at radius 1 is 0.948 bits per heavy atom. The predicted octanol–water partition coefficient (Wildman–Crippen LogP) is 7.50. The molecule has 3 fully saturated rings. The summed E-state index contributed by atoms with van der Waals surface area (Å²) in [5.74, 6) is -3.27. The number of fused-ring (bicyclic) bond motifs is 6. The van der Waals surface area contributed by atoms with Gasteiger partial charge in [-0.3, -0.25) is 28.8 Å². The van der Waals surface area contributed by atoms with E-state index < -0.39 is 35.0 Å². The van der Waals surface area contributed by atoms with Gasteiger partial charge in [0.2, 0.25) is 23.6 Å². The lowest BCUT2D eigenvalue weighted by atomic mass is 9.51. The van der Waals surface area contributed by atoms with Crippen LogP contribution in [0, 0.1) is 41.9 Å². The molecular weight excluding hydrogens is 776 g/mol. The molecule has 2 aliphatic carbocycles. The van der Waals surface area contributed by atoms with Crippen molar-refractivity contribution in [2.75, 3.05) is 11.4 Å². The fourth-order valence-electron chi connectivity index (χ4n) is 10.5. The highest BCUT2D eigenvalue weighted by molar-refractivity contribution is 7.22. The number of phenolic OH excluding ortho intramolecular Hbond substituents is 2. The Morgan fingerprint density at radius 2 is 1.72 bits per heavy atom. The van der Waals surface area contributed by atoms with E-state index in [1.54, 1.807) is 77.9 Å². The number of hydrogen-bond acceptors (Lipinski definition) is 9. The summed E-state index contributed by atoms with van der Waals surface area (Å²) < 4.78 is 8.78. The van der Waals surface area contributed by atoms with Crippen LogP contribution < -0.4 is 9.64 Å². The predicted molar refractivity (Wildman–Crippen MR) is 218 cm³/mol. The van der Waals surface area contributed by atoms with Gasteiger partial charge in [0.15, 0.2) is 0 Å². The third kappa shape index (κ3) is 5.34. The van der Waals surface area contributed by atoms with Crippen LogP contribution in [0.5, 0.6) is 17.2 Å². The number of thiophene rings is 1. The SMILES string of the molecule is Cc1c(-c2cc(N3C(=O)[C@@H]4C[C@@H]5C(=CC[C@@H]6C(=O)N(CCc7ccc(O)cc7)C(=O)[C@@H]65)[C@H](C5=COc6ccc(O)cc6C5)[C@]4(C)C3=O)n(C)n2)sc2ccc(Cl)cc12. The molecule has 5 aromatic rings. The number of amides is 4. The minimum Gasteiger partial charge on any atom is -0.508 e. The number of aryl methyl sites for hydroxylation is 2. The van der Waals surface area contributed by atoms with Crippen molar-refractivity contribution < 1.29 is 34.1 Å². The van der Waals surface area contributed by atoms with Crippen LogP contribution in [-0.4, -0.2) is 55.1 Å². The van der Waals surface area contributed by atoms with Crippen molar-refractivity contribution in [1.82, 2.24) is 14.7 Å². The van der Waals surface area contributed by atoms with Crippen molar-refractivity contribution >= 4 is 62.5 Å². The maximum atomic E-state index is 15.3. The third-order valence-electron chi connectivity index (χ3n) is 13.3. The van der Waals surface area contributed by atoms with Gasteiger partial charge in [0.1, 0.15) is 28.8 Å². The second kappa shape index (κ2) is 13.2. The number of nitrogens with zero attached hydrogens (tertiary/aromatic N) is 4. The van der Waals surface area contributed by atoms with Crippen molar-refractivity contribution in [1.29, 1.82) is 0 Å². The van der Waals surface area contributed by atoms with E-state index in [-0.39, 0.29) is 48.1 Å². The van der Waals surface area contributed by atoms with Gasteiger partial charge >= 0.3 is 0 Å². The number of rotatable bonds is 6. The number of carbonyl (C=O) groups excluding carboxylic acids is 4. The zero-order valence-corrected chi connectivity index (χ0v) is 33.5. The number of hydrogen-bond donors (Lipinski definition) is 2. The number of aromatic hydroxyl groups is 2. The summed E-state index contributed by atoms with van der Waals surface area (Å²) in [6, 6.07) is 19.2. The van der Waals surface area contributed by atoms with E-state index in [1.807, 2.05) is 38.1 Å². The van der Waals surface area contributed by atoms with Crippen molar-refractivity contribution in [2.45, 2.75) is 39.5 Å². The van der Waals surface area contributed by atoms with Crippen LogP contribution in [-0.2, 0) is 39.1 Å². The Bertz CT molecular complexity index is 2700. The number of carbonyl (C=O) groups is 4. The fourth-order valence-corrected chi connectivity index (χ4v) is 11.8. The van der Waals surface area contributed by atoms with Gasteiger partial charge in [0, 0.05) is 47.3 Å². The van der Waals surface area contributed by atoms with E-state index >= 15 is 4.79 Å². The van der Waals surface area contributed by atoms with Crippen molar-refractivity contribution in [3.8, 4) is 27.8 Å². The molecule has 0 bridgehead atoms. The molecule has 6 atom stereocenters. The molecule has 10 rings (SSSR count). The van der Waals surface area contributed by atoms with Crippen LogP contribution >= 0.6 is 22.9 Å². The molecule has 2 N–H and O–H groups in total. The van der Waals surface area contributed by atoms with E-state index in [0.29, 0.717) is 41.5 Å². The van der Waals surface area contributed by atoms with E-state index in [0.717, 1.165) is 42.8 Å². The molecule has 3 aromatic carbocycles. The summed E-state index contributed by atoms with van der Waals surface area (Å²) in [4.78, 5) is 62.2. The molecule has 2 saturated heterocycles. The third-order valence-corrected chi connectivity index (χ3v) is 14.8. The molecule has 2 aromatic heterocycles. The largest absolute Gasteiger partial charge is 0.508 e. The van der Waals surface area contributed by atoms with Gasteiger partial charge in [-0.15, -0.1) is 11.3 Å². The second-order valence-corrected chi connectivity index (χ2v) is 17.9. The van der Waals surface area contributed by atoms with Gasteiger partial charge in [-0.25, -0.2) is 4.90 Å². The van der Waals surface area contributed by atoms with Crippen molar-refractivity contribution in [2.24, 2.45) is 42.1 Å². The van der Waals surface area contributed by atoms with Gasteiger partial charge in [0.05, 0.1) is 34.3 Å². The topological polar surface area (TPSA) is 142 Å². The summed E-state index contributed by atoms with van der Waals surface area (Å²) in [6.07, 6.45) is 5.03. The first-order valence-corrected chi connectivity index (χ1v) is 20.6. The minimum atomic E-state index is -1.27. The lowest BCUT2D eigenvalue weighted by Gasteiger charge is -2.49. The first kappa shape index (κ1) is 36.6. The highest BCUT2D eigenvalue weighted by Crippen LogP contribution is 2.63. The Kier molecular flexibility index (Phi) is 8.30. The number of benzene rings is 3. The first-order chi connectivity index (χ1) is 27.8. The number of ether oxygens (including phenoxy) is 1. The van der Waals surface area contributed by atoms with Crippen LogP contribution in [0.25, 0.3) is 20.7 Å². The van der Waals surface area contributed by atoms with Crippen LogP contribution in [0.4, 0.5) is 5.82 Å². The quantitative estimate of drug-likeness (QED) is 0.133. The molecule has 3 aliphatic heterocycles. The Labute approximate surface area is 342 Å². The molecule has 4 amide bonds. The average Bonchev–Trinajstić information content (AvgIpc) is 3.87. The smallest absolute Gasteiger partial charge is 0.242 e. The Balaban J connectivity index is 1.04. The maximum absolute atomic E-state index is 15.3. The normalized spacial score (nSPS) is 26.3. The molecule has 0 spiro atoms. The molecule has 0 unspecified atom stereocenters.